The Hall–Kier alpha value is -2.67. The maximum absolute atomic E-state index is 13.6. The number of carbonyl (C=O) groups excluding carboxylic acids is 1. The molecule has 1 amide bonds. The molecule has 0 spiro atoms. The van der Waals surface area contributed by atoms with Crippen molar-refractivity contribution in [1.29, 1.82) is 0 Å². The number of hydrogen-bond acceptors (Lipinski definition) is 4. The fourth-order valence-electron chi connectivity index (χ4n) is 2.44. The number of benzene rings is 2. The van der Waals surface area contributed by atoms with E-state index in [1.165, 1.54) is 29.5 Å². The van der Waals surface area contributed by atoms with Gasteiger partial charge in [-0.3, -0.25) is 9.36 Å². The van der Waals surface area contributed by atoms with Gasteiger partial charge in [0, 0.05) is 0 Å². The van der Waals surface area contributed by atoms with Gasteiger partial charge in [0.05, 0.1) is 17.1 Å². The van der Waals surface area contributed by atoms with Crippen LogP contribution < -0.4 is 5.32 Å². The molecule has 0 bridgehead atoms. The number of nitrogens with one attached hydrogen (secondary N) is 1. The van der Waals surface area contributed by atoms with Crippen molar-refractivity contribution in [3.05, 3.63) is 65.7 Å². The minimum atomic E-state index is -0.459. The van der Waals surface area contributed by atoms with Crippen LogP contribution in [0.25, 0.3) is 5.69 Å². The van der Waals surface area contributed by atoms with E-state index in [1.807, 2.05) is 30.5 Å². The monoisotopic (exact) mass is 356 g/mol. The summed E-state index contributed by atoms with van der Waals surface area (Å²) in [6.45, 7) is 4.05. The van der Waals surface area contributed by atoms with Crippen LogP contribution in [0.2, 0.25) is 0 Å². The number of aryl methyl sites for hydroxylation is 2. The number of anilines is 1. The van der Waals surface area contributed by atoms with Gasteiger partial charge >= 0.3 is 0 Å². The van der Waals surface area contributed by atoms with Crippen LogP contribution in [0.5, 0.6) is 0 Å². The number of aromatic nitrogens is 3. The van der Waals surface area contributed by atoms with Crippen LogP contribution in [-0.2, 0) is 4.79 Å². The van der Waals surface area contributed by atoms with Gasteiger partial charge in [0.1, 0.15) is 12.1 Å². The lowest BCUT2D eigenvalue weighted by atomic mass is 10.1. The summed E-state index contributed by atoms with van der Waals surface area (Å²) in [5, 5.41) is 11.2. The molecule has 0 aliphatic carbocycles. The van der Waals surface area contributed by atoms with Crippen LogP contribution >= 0.6 is 11.8 Å². The Balaban J connectivity index is 1.69. The Morgan fingerprint density at radius 1 is 1.24 bits per heavy atom. The molecule has 7 heteroatoms. The molecule has 2 aromatic carbocycles. The maximum atomic E-state index is 13.6. The van der Waals surface area contributed by atoms with Crippen molar-refractivity contribution in [2.24, 2.45) is 0 Å². The first-order valence-corrected chi connectivity index (χ1v) is 8.68. The molecule has 1 heterocycles. The van der Waals surface area contributed by atoms with Crippen molar-refractivity contribution < 1.29 is 9.18 Å². The predicted molar refractivity (Wildman–Crippen MR) is 96.6 cm³/mol. The molecule has 1 N–H and O–H groups in total. The van der Waals surface area contributed by atoms with E-state index >= 15 is 0 Å². The second-order valence-electron chi connectivity index (χ2n) is 5.59. The number of thioether (sulfide) groups is 1. The fraction of sp³-hybridized carbons (Fsp3) is 0.167. The average Bonchev–Trinajstić information content (AvgIpc) is 3.03. The van der Waals surface area contributed by atoms with Gasteiger partial charge in [0.15, 0.2) is 5.16 Å². The Morgan fingerprint density at radius 2 is 2.04 bits per heavy atom. The minimum absolute atomic E-state index is 0.109. The van der Waals surface area contributed by atoms with E-state index in [0.717, 1.165) is 11.3 Å². The zero-order valence-corrected chi connectivity index (χ0v) is 14.7. The molecule has 0 aliphatic heterocycles. The highest BCUT2D eigenvalue weighted by Gasteiger charge is 2.12. The molecule has 128 valence electrons. The summed E-state index contributed by atoms with van der Waals surface area (Å²) in [7, 11) is 0. The van der Waals surface area contributed by atoms with Crippen molar-refractivity contribution in [2.45, 2.75) is 19.0 Å². The highest BCUT2D eigenvalue weighted by Crippen LogP contribution is 2.23. The molecule has 0 unspecified atom stereocenters. The Morgan fingerprint density at radius 3 is 2.80 bits per heavy atom. The summed E-state index contributed by atoms with van der Waals surface area (Å²) >= 11 is 1.25. The first kappa shape index (κ1) is 17.2. The van der Waals surface area contributed by atoms with Gasteiger partial charge in [0.2, 0.25) is 5.91 Å². The molecule has 5 nitrogen and oxygen atoms in total. The fourth-order valence-corrected chi connectivity index (χ4v) is 3.16. The molecular formula is C18H17FN4OS. The molecular weight excluding hydrogens is 339 g/mol. The van der Waals surface area contributed by atoms with Crippen LogP contribution in [0.15, 0.2) is 53.9 Å². The van der Waals surface area contributed by atoms with Crippen molar-refractivity contribution in [3.8, 4) is 5.69 Å². The quantitative estimate of drug-likeness (QED) is 0.707. The molecule has 0 saturated carbocycles. The second kappa shape index (κ2) is 7.48. The van der Waals surface area contributed by atoms with Crippen LogP contribution in [0.1, 0.15) is 11.1 Å². The Labute approximate surface area is 149 Å². The van der Waals surface area contributed by atoms with Crippen LogP contribution in [-0.4, -0.2) is 26.4 Å². The van der Waals surface area contributed by atoms with Crippen LogP contribution in [0.3, 0.4) is 0 Å². The van der Waals surface area contributed by atoms with Gasteiger partial charge in [-0.2, -0.15) is 0 Å². The highest BCUT2D eigenvalue weighted by molar-refractivity contribution is 7.99. The van der Waals surface area contributed by atoms with Crippen LogP contribution in [0, 0.1) is 19.7 Å². The molecule has 3 aromatic rings. The summed E-state index contributed by atoms with van der Waals surface area (Å²) in [6, 6.07) is 12.2. The van der Waals surface area contributed by atoms with Crippen LogP contribution in [0.4, 0.5) is 10.1 Å². The third-order valence-electron chi connectivity index (χ3n) is 3.61. The standard InChI is InChI=1S/C18H17FN4OS/c1-12-7-8-16(13(2)9-12)23-11-20-22-18(23)25-10-17(24)21-15-6-4-3-5-14(15)19/h3-9,11H,10H2,1-2H3,(H,21,24). The number of para-hydroxylation sites is 1. The summed E-state index contributed by atoms with van der Waals surface area (Å²) in [5.41, 5.74) is 3.40. The molecule has 25 heavy (non-hydrogen) atoms. The largest absolute Gasteiger partial charge is 0.323 e. The smallest absolute Gasteiger partial charge is 0.234 e. The normalized spacial score (nSPS) is 10.7. The molecule has 0 radical (unpaired) electrons. The number of rotatable bonds is 5. The van der Waals surface area contributed by atoms with Crippen molar-refractivity contribution in [3.63, 3.8) is 0 Å². The molecule has 3 rings (SSSR count). The van der Waals surface area contributed by atoms with Gasteiger partial charge in [-0.15, -0.1) is 10.2 Å². The minimum Gasteiger partial charge on any atom is -0.323 e. The predicted octanol–water partition coefficient (Wildman–Crippen LogP) is 3.75. The highest BCUT2D eigenvalue weighted by atomic mass is 32.2. The Kier molecular flexibility index (Phi) is 5.14. The molecule has 1 aromatic heterocycles. The number of hydrogen-bond donors (Lipinski definition) is 1. The zero-order chi connectivity index (χ0) is 17.8. The summed E-state index contributed by atoms with van der Waals surface area (Å²) in [4.78, 5) is 12.1. The Bertz CT molecular complexity index is 910. The van der Waals surface area contributed by atoms with Crippen molar-refractivity contribution >= 4 is 23.4 Å². The number of halogens is 1. The number of amides is 1. The van der Waals surface area contributed by atoms with E-state index in [-0.39, 0.29) is 17.3 Å². The zero-order valence-electron chi connectivity index (χ0n) is 13.9. The third kappa shape index (κ3) is 4.06. The SMILES string of the molecule is Cc1ccc(-n2cnnc2SCC(=O)Nc2ccccc2F)c(C)c1. The van der Waals surface area contributed by atoms with E-state index in [2.05, 4.69) is 21.6 Å². The van der Waals surface area contributed by atoms with E-state index in [1.54, 1.807) is 18.5 Å². The lowest BCUT2D eigenvalue weighted by Crippen LogP contribution is -2.15. The van der Waals surface area contributed by atoms with Crippen molar-refractivity contribution in [2.75, 3.05) is 11.1 Å². The van der Waals surface area contributed by atoms with Gasteiger partial charge < -0.3 is 5.32 Å². The lowest BCUT2D eigenvalue weighted by molar-refractivity contribution is -0.113. The van der Waals surface area contributed by atoms with Gasteiger partial charge in [-0.25, -0.2) is 4.39 Å². The van der Waals surface area contributed by atoms with E-state index in [4.69, 9.17) is 0 Å². The summed E-state index contributed by atoms with van der Waals surface area (Å²) in [6.07, 6.45) is 1.62. The van der Waals surface area contributed by atoms with Gasteiger partial charge in [0.25, 0.3) is 0 Å². The molecule has 0 aliphatic rings. The maximum Gasteiger partial charge on any atom is 0.234 e. The topological polar surface area (TPSA) is 59.8 Å². The molecule has 0 saturated heterocycles. The van der Waals surface area contributed by atoms with E-state index in [0.29, 0.717) is 5.16 Å². The number of nitrogens with zero attached hydrogens (tertiary/aromatic N) is 3. The van der Waals surface area contributed by atoms with Crippen molar-refractivity contribution in [1.82, 2.24) is 14.8 Å². The van der Waals surface area contributed by atoms with Gasteiger partial charge in [-0.1, -0.05) is 41.6 Å². The first-order valence-electron chi connectivity index (χ1n) is 7.69. The molecule has 0 fully saturated rings. The number of carbonyl (C=O) groups is 1. The van der Waals surface area contributed by atoms with Gasteiger partial charge in [-0.05, 0) is 37.6 Å². The van der Waals surface area contributed by atoms with E-state index in [9.17, 15) is 9.18 Å². The molecule has 0 atom stereocenters. The average molecular weight is 356 g/mol. The summed E-state index contributed by atoms with van der Waals surface area (Å²) < 4.78 is 15.4. The second-order valence-corrected chi connectivity index (χ2v) is 6.53. The summed E-state index contributed by atoms with van der Waals surface area (Å²) in [5.74, 6) is -0.651. The van der Waals surface area contributed by atoms with E-state index < -0.39 is 5.82 Å². The first-order chi connectivity index (χ1) is 12.0. The lowest BCUT2D eigenvalue weighted by Gasteiger charge is -2.10. The third-order valence-corrected chi connectivity index (χ3v) is 4.55.